The number of benzene rings is 2. The van der Waals surface area contributed by atoms with Crippen LogP contribution in [0.1, 0.15) is 18.1 Å². The SMILES string of the molecule is Cc1ccc(F)cc1NC(=O)C(C)N(C)Cc1c(F)cccc1Cl. The second-order valence-corrected chi connectivity index (χ2v) is 6.15. The molecule has 24 heavy (non-hydrogen) atoms. The molecule has 0 bridgehead atoms. The van der Waals surface area contributed by atoms with Crippen molar-refractivity contribution in [3.63, 3.8) is 0 Å². The number of likely N-dealkylation sites (N-methyl/N-ethyl adjacent to an activating group) is 1. The second-order valence-electron chi connectivity index (χ2n) is 5.74. The highest BCUT2D eigenvalue weighted by Crippen LogP contribution is 2.22. The third-order valence-corrected chi connectivity index (χ3v) is 4.32. The lowest BCUT2D eigenvalue weighted by Gasteiger charge is -2.25. The normalized spacial score (nSPS) is 12.3. The molecule has 2 rings (SSSR count). The van der Waals surface area contributed by atoms with E-state index in [1.165, 1.54) is 24.3 Å². The smallest absolute Gasteiger partial charge is 0.241 e. The molecule has 1 atom stereocenters. The van der Waals surface area contributed by atoms with Crippen LogP contribution < -0.4 is 5.32 Å². The van der Waals surface area contributed by atoms with Gasteiger partial charge >= 0.3 is 0 Å². The maximum atomic E-state index is 13.9. The van der Waals surface area contributed by atoms with Crippen molar-refractivity contribution in [2.75, 3.05) is 12.4 Å². The van der Waals surface area contributed by atoms with Crippen molar-refractivity contribution in [3.05, 3.63) is 64.2 Å². The van der Waals surface area contributed by atoms with E-state index in [2.05, 4.69) is 5.32 Å². The molecule has 3 nitrogen and oxygen atoms in total. The van der Waals surface area contributed by atoms with Crippen LogP contribution in [0.25, 0.3) is 0 Å². The van der Waals surface area contributed by atoms with Crippen molar-refractivity contribution < 1.29 is 13.6 Å². The van der Waals surface area contributed by atoms with Crippen LogP contribution in [0.5, 0.6) is 0 Å². The number of halogens is 3. The first-order valence-corrected chi connectivity index (χ1v) is 7.87. The Kier molecular flexibility index (Phi) is 5.91. The van der Waals surface area contributed by atoms with E-state index in [0.29, 0.717) is 16.3 Å². The van der Waals surface area contributed by atoms with Crippen LogP contribution in [0.4, 0.5) is 14.5 Å². The molecule has 0 spiro atoms. The third-order valence-electron chi connectivity index (χ3n) is 3.97. The average molecular weight is 353 g/mol. The van der Waals surface area contributed by atoms with Crippen LogP contribution in [0.2, 0.25) is 5.02 Å². The topological polar surface area (TPSA) is 32.3 Å². The van der Waals surface area contributed by atoms with Crippen LogP contribution in [-0.2, 0) is 11.3 Å². The molecule has 0 radical (unpaired) electrons. The summed E-state index contributed by atoms with van der Waals surface area (Å²) in [5, 5.41) is 3.01. The predicted molar refractivity (Wildman–Crippen MR) is 92.1 cm³/mol. The molecule has 2 aromatic carbocycles. The quantitative estimate of drug-likeness (QED) is 0.865. The number of amides is 1. The second kappa shape index (κ2) is 7.73. The minimum Gasteiger partial charge on any atom is -0.324 e. The Morgan fingerprint density at radius 1 is 1.29 bits per heavy atom. The van der Waals surface area contributed by atoms with E-state index in [9.17, 15) is 13.6 Å². The van der Waals surface area contributed by atoms with Gasteiger partial charge in [0.25, 0.3) is 0 Å². The monoisotopic (exact) mass is 352 g/mol. The molecule has 0 fully saturated rings. The number of carbonyl (C=O) groups is 1. The van der Waals surface area contributed by atoms with E-state index >= 15 is 0 Å². The summed E-state index contributed by atoms with van der Waals surface area (Å²) in [6.45, 7) is 3.66. The van der Waals surface area contributed by atoms with E-state index in [1.807, 2.05) is 0 Å². The summed E-state index contributed by atoms with van der Waals surface area (Å²) in [6, 6.07) is 8.12. The van der Waals surface area contributed by atoms with Crippen LogP contribution in [-0.4, -0.2) is 23.9 Å². The standard InChI is InChI=1S/C18H19ClF2N2O/c1-11-7-8-13(20)9-17(11)22-18(24)12(2)23(3)10-14-15(19)5-4-6-16(14)21/h4-9,12H,10H2,1-3H3,(H,22,24). The molecular weight excluding hydrogens is 334 g/mol. The van der Waals surface area contributed by atoms with Gasteiger partial charge in [0.15, 0.2) is 0 Å². The van der Waals surface area contributed by atoms with Gasteiger partial charge in [-0.15, -0.1) is 0 Å². The van der Waals surface area contributed by atoms with Gasteiger partial charge in [-0.3, -0.25) is 9.69 Å². The van der Waals surface area contributed by atoms with Crippen LogP contribution in [0, 0.1) is 18.6 Å². The minimum absolute atomic E-state index is 0.183. The molecule has 1 amide bonds. The Bertz CT molecular complexity index is 732. The molecule has 0 saturated heterocycles. The number of anilines is 1. The van der Waals surface area contributed by atoms with Crippen molar-refractivity contribution >= 4 is 23.2 Å². The first-order chi connectivity index (χ1) is 11.3. The Hall–Kier alpha value is -1.98. The molecule has 0 aliphatic heterocycles. The van der Waals surface area contributed by atoms with Gasteiger partial charge < -0.3 is 5.32 Å². The van der Waals surface area contributed by atoms with Gasteiger partial charge in [-0.1, -0.05) is 23.7 Å². The maximum Gasteiger partial charge on any atom is 0.241 e. The van der Waals surface area contributed by atoms with Crippen molar-refractivity contribution in [2.24, 2.45) is 0 Å². The molecule has 0 heterocycles. The maximum absolute atomic E-state index is 13.9. The van der Waals surface area contributed by atoms with Gasteiger partial charge in [-0.25, -0.2) is 8.78 Å². The lowest BCUT2D eigenvalue weighted by molar-refractivity contribution is -0.120. The summed E-state index contributed by atoms with van der Waals surface area (Å²) in [5.74, 6) is -1.14. The fourth-order valence-electron chi connectivity index (χ4n) is 2.24. The van der Waals surface area contributed by atoms with Crippen molar-refractivity contribution in [1.29, 1.82) is 0 Å². The highest BCUT2D eigenvalue weighted by Gasteiger charge is 2.21. The van der Waals surface area contributed by atoms with E-state index in [1.54, 1.807) is 37.9 Å². The van der Waals surface area contributed by atoms with Crippen LogP contribution >= 0.6 is 11.6 Å². The number of nitrogens with zero attached hydrogens (tertiary/aromatic N) is 1. The van der Waals surface area contributed by atoms with Gasteiger partial charge in [0.1, 0.15) is 11.6 Å². The average Bonchev–Trinajstić information content (AvgIpc) is 2.53. The molecule has 128 valence electrons. The molecule has 0 aliphatic rings. The molecule has 0 saturated carbocycles. The molecule has 1 unspecified atom stereocenters. The number of carbonyl (C=O) groups excluding carboxylic acids is 1. The summed E-state index contributed by atoms with van der Waals surface area (Å²) < 4.78 is 27.2. The summed E-state index contributed by atoms with van der Waals surface area (Å²) in [4.78, 5) is 14.1. The van der Waals surface area contributed by atoms with E-state index < -0.39 is 17.7 Å². The van der Waals surface area contributed by atoms with Crippen LogP contribution in [0.15, 0.2) is 36.4 Å². The van der Waals surface area contributed by atoms with Crippen molar-refractivity contribution in [3.8, 4) is 0 Å². The largest absolute Gasteiger partial charge is 0.324 e. The summed E-state index contributed by atoms with van der Waals surface area (Å²) >= 11 is 6.02. The Morgan fingerprint density at radius 2 is 2.00 bits per heavy atom. The Morgan fingerprint density at radius 3 is 2.67 bits per heavy atom. The zero-order valence-electron chi connectivity index (χ0n) is 13.7. The number of aryl methyl sites for hydroxylation is 1. The number of rotatable bonds is 5. The summed E-state index contributed by atoms with van der Waals surface area (Å²) in [6.07, 6.45) is 0. The van der Waals surface area contributed by atoms with Gasteiger partial charge in [0, 0.05) is 22.8 Å². The highest BCUT2D eigenvalue weighted by atomic mass is 35.5. The lowest BCUT2D eigenvalue weighted by atomic mass is 10.1. The molecule has 1 N–H and O–H groups in total. The Balaban J connectivity index is 2.08. The molecule has 2 aromatic rings. The molecular formula is C18H19ClF2N2O. The fourth-order valence-corrected chi connectivity index (χ4v) is 2.46. The lowest BCUT2D eigenvalue weighted by Crippen LogP contribution is -2.39. The first-order valence-electron chi connectivity index (χ1n) is 7.49. The van der Waals surface area contributed by atoms with Gasteiger partial charge in [-0.2, -0.15) is 0 Å². The van der Waals surface area contributed by atoms with Crippen molar-refractivity contribution in [1.82, 2.24) is 4.90 Å². The Labute approximate surface area is 145 Å². The number of hydrogen-bond donors (Lipinski definition) is 1. The first kappa shape index (κ1) is 18.4. The summed E-state index contributed by atoms with van der Waals surface area (Å²) in [7, 11) is 1.70. The van der Waals surface area contributed by atoms with E-state index in [0.717, 1.165) is 5.56 Å². The van der Waals surface area contributed by atoms with Gasteiger partial charge in [0.2, 0.25) is 5.91 Å². The number of nitrogens with one attached hydrogen (secondary N) is 1. The molecule has 0 aliphatic carbocycles. The van der Waals surface area contributed by atoms with Gasteiger partial charge in [-0.05, 0) is 50.7 Å². The van der Waals surface area contributed by atoms with E-state index in [-0.39, 0.29) is 12.5 Å². The highest BCUT2D eigenvalue weighted by molar-refractivity contribution is 6.31. The fraction of sp³-hybridized carbons (Fsp3) is 0.278. The van der Waals surface area contributed by atoms with Crippen LogP contribution in [0.3, 0.4) is 0 Å². The molecule has 6 heteroatoms. The van der Waals surface area contributed by atoms with E-state index in [4.69, 9.17) is 11.6 Å². The number of hydrogen-bond acceptors (Lipinski definition) is 2. The van der Waals surface area contributed by atoms with Crippen molar-refractivity contribution in [2.45, 2.75) is 26.4 Å². The third kappa shape index (κ3) is 4.30. The van der Waals surface area contributed by atoms with Gasteiger partial charge in [0.05, 0.1) is 6.04 Å². The zero-order chi connectivity index (χ0) is 17.9. The zero-order valence-corrected chi connectivity index (χ0v) is 14.5. The summed E-state index contributed by atoms with van der Waals surface area (Å²) in [5.41, 5.74) is 1.52. The minimum atomic E-state index is -0.552. The molecule has 0 aromatic heterocycles. The predicted octanol–water partition coefficient (Wildman–Crippen LogP) is 4.39.